The number of anilines is 2. The first kappa shape index (κ1) is 35.0. The molecule has 0 aliphatic heterocycles. The summed E-state index contributed by atoms with van der Waals surface area (Å²) in [5.74, 6) is -0.228. The summed E-state index contributed by atoms with van der Waals surface area (Å²) in [6, 6.07) is 22.1. The maximum Gasteiger partial charge on any atom is 0.264 e. The fraction of sp³-hybridized carbons (Fsp3) is 0.459. The number of nitrogens with zero attached hydrogens (tertiary/aromatic N) is 1. The number of hydrogen-bond acceptors (Lipinski definition) is 6. The van der Waals surface area contributed by atoms with E-state index in [1.54, 1.807) is 25.1 Å². The van der Waals surface area contributed by atoms with Crippen LogP contribution < -0.4 is 20.3 Å². The third-order valence-corrected chi connectivity index (χ3v) is 10.4. The van der Waals surface area contributed by atoms with Crippen LogP contribution in [0.5, 0.6) is 0 Å². The van der Waals surface area contributed by atoms with Crippen molar-refractivity contribution >= 4 is 33.2 Å². The number of carbonyl (C=O) groups excluding carboxylic acids is 2. The predicted molar refractivity (Wildman–Crippen MR) is 187 cm³/mol. The number of carbonyl (C=O) groups is 2. The number of amides is 2. The normalized spacial score (nSPS) is 14.5. The molecule has 1 aliphatic carbocycles. The van der Waals surface area contributed by atoms with Gasteiger partial charge in [-0.25, -0.2) is 13.1 Å². The van der Waals surface area contributed by atoms with E-state index in [9.17, 15) is 18.0 Å². The molecular formula is C37H50N4O4S. The van der Waals surface area contributed by atoms with E-state index in [-0.39, 0.29) is 23.1 Å². The molecule has 1 saturated carbocycles. The summed E-state index contributed by atoms with van der Waals surface area (Å²) < 4.78 is 28.3. The van der Waals surface area contributed by atoms with Crippen LogP contribution in [-0.2, 0) is 21.2 Å². The monoisotopic (exact) mass is 646 g/mol. The Morgan fingerprint density at radius 1 is 0.935 bits per heavy atom. The number of hydrogen-bond donors (Lipinski definition) is 3. The van der Waals surface area contributed by atoms with Gasteiger partial charge < -0.3 is 15.5 Å². The van der Waals surface area contributed by atoms with Gasteiger partial charge in [0.2, 0.25) is 5.91 Å². The summed E-state index contributed by atoms with van der Waals surface area (Å²) in [4.78, 5) is 29.2. The van der Waals surface area contributed by atoms with Crippen LogP contribution in [-0.4, -0.2) is 46.4 Å². The highest BCUT2D eigenvalue weighted by atomic mass is 32.2. The van der Waals surface area contributed by atoms with Crippen molar-refractivity contribution in [3.63, 3.8) is 0 Å². The van der Waals surface area contributed by atoms with Gasteiger partial charge in [-0.15, -0.1) is 0 Å². The SMILES string of the molecule is Cc1ccccc1S(=O)(=O)NC(=O)CC(NC(=O)c1ccc(N(C)CCC(C)C)c(NCCc2ccccc2)c1)C1CCCCC1. The average molecular weight is 647 g/mol. The molecule has 1 atom stereocenters. The van der Waals surface area contributed by atoms with Gasteiger partial charge in [0.25, 0.3) is 15.9 Å². The molecule has 3 aromatic rings. The molecule has 0 spiro atoms. The Morgan fingerprint density at radius 2 is 1.63 bits per heavy atom. The molecule has 4 rings (SSSR count). The number of rotatable bonds is 15. The molecule has 1 aliphatic rings. The minimum atomic E-state index is -4.03. The van der Waals surface area contributed by atoms with Gasteiger partial charge in [0.1, 0.15) is 0 Å². The van der Waals surface area contributed by atoms with E-state index >= 15 is 0 Å². The Bertz CT molecular complexity index is 1550. The van der Waals surface area contributed by atoms with Crippen LogP contribution in [0.2, 0.25) is 0 Å². The van der Waals surface area contributed by atoms with Crippen molar-refractivity contribution in [3.8, 4) is 0 Å². The van der Waals surface area contributed by atoms with Gasteiger partial charge >= 0.3 is 0 Å². The standard InChI is InChI=1S/C37H50N4O4S/c1-27(2)22-24-41(4)34-20-19-31(25-33(34)38-23-21-29-14-7-5-8-15-29)37(43)39-32(30-16-9-6-10-17-30)26-36(42)40-46(44,45)35-18-12-11-13-28(35)3/h5,7-8,11-15,18-20,25,27,30,32,38H,6,9-10,16-17,21-24,26H2,1-4H3,(H,39,43)(H,40,42). The summed E-state index contributed by atoms with van der Waals surface area (Å²) in [5, 5.41) is 6.70. The first-order valence-electron chi connectivity index (χ1n) is 16.6. The van der Waals surface area contributed by atoms with Crippen LogP contribution in [0.3, 0.4) is 0 Å². The molecule has 3 N–H and O–H groups in total. The molecule has 2 amide bonds. The Balaban J connectivity index is 1.52. The van der Waals surface area contributed by atoms with Gasteiger partial charge in [-0.3, -0.25) is 9.59 Å². The summed E-state index contributed by atoms with van der Waals surface area (Å²) in [6.07, 6.45) is 6.71. The maximum absolute atomic E-state index is 13.8. The van der Waals surface area contributed by atoms with Crippen LogP contribution in [0.1, 0.15) is 80.3 Å². The van der Waals surface area contributed by atoms with Crippen molar-refractivity contribution < 1.29 is 18.0 Å². The summed E-state index contributed by atoms with van der Waals surface area (Å²) >= 11 is 0. The predicted octanol–water partition coefficient (Wildman–Crippen LogP) is 6.71. The number of benzene rings is 3. The molecule has 3 aromatic carbocycles. The Hall–Kier alpha value is -3.85. The molecule has 8 nitrogen and oxygen atoms in total. The lowest BCUT2D eigenvalue weighted by atomic mass is 9.82. The molecule has 0 heterocycles. The van der Waals surface area contributed by atoms with Crippen LogP contribution >= 0.6 is 0 Å². The average Bonchev–Trinajstić information content (AvgIpc) is 3.04. The molecule has 0 saturated heterocycles. The lowest BCUT2D eigenvalue weighted by Gasteiger charge is -2.31. The van der Waals surface area contributed by atoms with Gasteiger partial charge in [0.05, 0.1) is 16.3 Å². The van der Waals surface area contributed by atoms with Crippen molar-refractivity contribution in [3.05, 3.63) is 89.5 Å². The smallest absolute Gasteiger partial charge is 0.264 e. The molecule has 0 radical (unpaired) electrons. The molecule has 1 unspecified atom stereocenters. The van der Waals surface area contributed by atoms with Gasteiger partial charge in [-0.2, -0.15) is 0 Å². The Kier molecular flexibility index (Phi) is 12.7. The second kappa shape index (κ2) is 16.6. The van der Waals surface area contributed by atoms with E-state index in [1.807, 2.05) is 36.4 Å². The zero-order chi connectivity index (χ0) is 33.1. The van der Waals surface area contributed by atoms with Crippen molar-refractivity contribution in [2.24, 2.45) is 11.8 Å². The molecule has 1 fully saturated rings. The zero-order valence-corrected chi connectivity index (χ0v) is 28.5. The lowest BCUT2D eigenvalue weighted by molar-refractivity contribution is -0.120. The lowest BCUT2D eigenvalue weighted by Crippen LogP contribution is -2.45. The fourth-order valence-electron chi connectivity index (χ4n) is 6.14. The van der Waals surface area contributed by atoms with Crippen molar-refractivity contribution in [2.75, 3.05) is 30.4 Å². The highest BCUT2D eigenvalue weighted by molar-refractivity contribution is 7.90. The second-order valence-corrected chi connectivity index (χ2v) is 14.6. The molecule has 0 aromatic heterocycles. The van der Waals surface area contributed by atoms with Crippen LogP contribution in [0, 0.1) is 18.8 Å². The highest BCUT2D eigenvalue weighted by Gasteiger charge is 2.30. The van der Waals surface area contributed by atoms with Gasteiger partial charge in [0, 0.05) is 38.2 Å². The first-order chi connectivity index (χ1) is 22.0. The topological polar surface area (TPSA) is 108 Å². The van der Waals surface area contributed by atoms with Gasteiger partial charge in [0.15, 0.2) is 0 Å². The van der Waals surface area contributed by atoms with Gasteiger partial charge in [-0.05, 0) is 79.8 Å². The molecule has 46 heavy (non-hydrogen) atoms. The Morgan fingerprint density at radius 3 is 2.33 bits per heavy atom. The largest absolute Gasteiger partial charge is 0.383 e. The minimum absolute atomic E-state index is 0.0762. The summed E-state index contributed by atoms with van der Waals surface area (Å²) in [7, 11) is -1.96. The molecular weight excluding hydrogens is 596 g/mol. The quantitative estimate of drug-likeness (QED) is 0.170. The van der Waals surface area contributed by atoms with Crippen molar-refractivity contribution in [2.45, 2.75) is 83.1 Å². The molecule has 248 valence electrons. The third kappa shape index (κ3) is 10.1. The first-order valence-corrected chi connectivity index (χ1v) is 18.1. The van der Waals surface area contributed by atoms with Crippen molar-refractivity contribution in [1.82, 2.24) is 10.0 Å². The Labute approximate surface area is 275 Å². The van der Waals surface area contributed by atoms with E-state index < -0.39 is 22.0 Å². The fourth-order valence-corrected chi connectivity index (χ4v) is 7.38. The van der Waals surface area contributed by atoms with Crippen molar-refractivity contribution in [1.29, 1.82) is 0 Å². The molecule has 0 bridgehead atoms. The van der Waals surface area contributed by atoms with Crippen LogP contribution in [0.15, 0.2) is 77.7 Å². The van der Waals surface area contributed by atoms with E-state index in [1.165, 1.54) is 11.6 Å². The van der Waals surface area contributed by atoms with Gasteiger partial charge in [-0.1, -0.05) is 81.6 Å². The molecule has 9 heteroatoms. The number of nitrogens with one attached hydrogen (secondary N) is 3. The van der Waals surface area contributed by atoms with Crippen LogP contribution in [0.25, 0.3) is 0 Å². The maximum atomic E-state index is 13.8. The zero-order valence-electron chi connectivity index (χ0n) is 27.7. The van der Waals surface area contributed by atoms with E-state index in [2.05, 4.69) is 53.3 Å². The number of sulfonamides is 1. The van der Waals surface area contributed by atoms with E-state index in [0.29, 0.717) is 23.6 Å². The summed E-state index contributed by atoms with van der Waals surface area (Å²) in [5.41, 5.74) is 4.20. The van der Waals surface area contributed by atoms with E-state index in [4.69, 9.17) is 0 Å². The van der Waals surface area contributed by atoms with E-state index in [0.717, 1.165) is 62.9 Å². The number of aryl methyl sites for hydroxylation is 1. The third-order valence-electron chi connectivity index (χ3n) is 8.86. The summed E-state index contributed by atoms with van der Waals surface area (Å²) in [6.45, 7) is 7.71. The van der Waals surface area contributed by atoms with Crippen LogP contribution in [0.4, 0.5) is 11.4 Å². The highest BCUT2D eigenvalue weighted by Crippen LogP contribution is 2.30. The second-order valence-electron chi connectivity index (χ2n) is 13.0. The minimum Gasteiger partial charge on any atom is -0.383 e.